The van der Waals surface area contributed by atoms with E-state index in [-0.39, 0.29) is 24.1 Å². The number of nitrogens with one attached hydrogen (secondary N) is 1. The van der Waals surface area contributed by atoms with Gasteiger partial charge in [0, 0.05) is 17.5 Å². The Labute approximate surface area is 144 Å². The molecule has 24 heavy (non-hydrogen) atoms. The Hall–Kier alpha value is -2.41. The van der Waals surface area contributed by atoms with Crippen LogP contribution in [-0.2, 0) is 11.2 Å². The van der Waals surface area contributed by atoms with Crippen LogP contribution in [0.3, 0.4) is 0 Å². The van der Waals surface area contributed by atoms with E-state index in [4.69, 9.17) is 16.7 Å². The molecule has 128 valence electrons. The van der Waals surface area contributed by atoms with Crippen LogP contribution >= 0.6 is 11.6 Å². The summed E-state index contributed by atoms with van der Waals surface area (Å²) in [5.74, 6) is -1.25. The van der Waals surface area contributed by atoms with Gasteiger partial charge in [-0.25, -0.2) is 4.68 Å². The van der Waals surface area contributed by atoms with Crippen LogP contribution in [-0.4, -0.2) is 38.0 Å². The Kier molecular flexibility index (Phi) is 5.92. The van der Waals surface area contributed by atoms with E-state index in [1.54, 1.807) is 29.8 Å². The summed E-state index contributed by atoms with van der Waals surface area (Å²) < 4.78 is 1.59. The number of aromatic nitrogens is 3. The lowest BCUT2D eigenvalue weighted by atomic mass is 10.1. The monoisotopic (exact) mass is 350 g/mol. The molecule has 0 spiro atoms. The first kappa shape index (κ1) is 17.9. The van der Waals surface area contributed by atoms with E-state index < -0.39 is 5.97 Å². The van der Waals surface area contributed by atoms with Gasteiger partial charge in [-0.15, -0.1) is 5.10 Å². The average Bonchev–Trinajstić information content (AvgIpc) is 2.97. The number of halogens is 1. The number of carboxylic acid groups (broad SMARTS) is 1. The lowest BCUT2D eigenvalue weighted by Gasteiger charge is -2.12. The maximum Gasteiger partial charge on any atom is 0.303 e. The molecule has 2 N–H and O–H groups in total. The fourth-order valence-electron chi connectivity index (χ4n) is 2.31. The SMILES string of the molecule is CCc1c(C(=O)NC(C)CCC(=O)O)nnn1-c1cccc(Cl)c1. The third kappa shape index (κ3) is 4.32. The lowest BCUT2D eigenvalue weighted by Crippen LogP contribution is -2.33. The van der Waals surface area contributed by atoms with E-state index in [0.717, 1.165) is 5.69 Å². The van der Waals surface area contributed by atoms with Crippen molar-refractivity contribution < 1.29 is 14.7 Å². The molecule has 2 aromatic rings. The van der Waals surface area contributed by atoms with Gasteiger partial charge in [0.2, 0.25) is 0 Å². The number of nitrogens with zero attached hydrogens (tertiary/aromatic N) is 3. The van der Waals surface area contributed by atoms with Crippen molar-refractivity contribution in [1.29, 1.82) is 0 Å². The van der Waals surface area contributed by atoms with Crippen molar-refractivity contribution in [2.45, 2.75) is 39.2 Å². The van der Waals surface area contributed by atoms with Gasteiger partial charge in [0.05, 0.1) is 11.4 Å². The van der Waals surface area contributed by atoms with Gasteiger partial charge in [0.1, 0.15) is 0 Å². The van der Waals surface area contributed by atoms with Crippen LogP contribution in [0, 0.1) is 0 Å². The van der Waals surface area contributed by atoms with Crippen LogP contribution < -0.4 is 5.32 Å². The molecule has 1 unspecified atom stereocenters. The molecule has 1 amide bonds. The molecule has 7 nitrogen and oxygen atoms in total. The Morgan fingerprint density at radius 2 is 2.17 bits per heavy atom. The summed E-state index contributed by atoms with van der Waals surface area (Å²) in [4.78, 5) is 23.0. The van der Waals surface area contributed by atoms with Crippen LogP contribution in [0.1, 0.15) is 42.9 Å². The largest absolute Gasteiger partial charge is 0.481 e. The normalized spacial score (nSPS) is 12.0. The van der Waals surface area contributed by atoms with Crippen LogP contribution in [0.4, 0.5) is 0 Å². The molecular weight excluding hydrogens is 332 g/mol. The highest BCUT2D eigenvalue weighted by Gasteiger charge is 2.21. The van der Waals surface area contributed by atoms with E-state index >= 15 is 0 Å². The molecule has 0 saturated carbocycles. The zero-order chi connectivity index (χ0) is 17.7. The smallest absolute Gasteiger partial charge is 0.303 e. The fraction of sp³-hybridized carbons (Fsp3) is 0.375. The zero-order valence-electron chi connectivity index (χ0n) is 13.5. The maximum atomic E-state index is 12.4. The Bertz CT molecular complexity index is 745. The Morgan fingerprint density at radius 3 is 2.79 bits per heavy atom. The molecule has 0 aliphatic heterocycles. The van der Waals surface area contributed by atoms with Gasteiger partial charge in [-0.3, -0.25) is 9.59 Å². The highest BCUT2D eigenvalue weighted by molar-refractivity contribution is 6.30. The van der Waals surface area contributed by atoms with Crippen molar-refractivity contribution >= 4 is 23.5 Å². The van der Waals surface area contributed by atoms with Crippen LogP contribution in [0.5, 0.6) is 0 Å². The molecule has 2 rings (SSSR count). The predicted molar refractivity (Wildman–Crippen MR) is 89.5 cm³/mol. The zero-order valence-corrected chi connectivity index (χ0v) is 14.2. The minimum atomic E-state index is -0.891. The van der Waals surface area contributed by atoms with Gasteiger partial charge in [0.25, 0.3) is 5.91 Å². The van der Waals surface area contributed by atoms with Gasteiger partial charge in [-0.1, -0.05) is 29.8 Å². The molecule has 0 aliphatic rings. The van der Waals surface area contributed by atoms with Crippen LogP contribution in [0.2, 0.25) is 5.02 Å². The minimum absolute atomic E-state index is 0.00269. The van der Waals surface area contributed by atoms with Crippen molar-refractivity contribution in [2.24, 2.45) is 0 Å². The summed E-state index contributed by atoms with van der Waals surface area (Å²) >= 11 is 6.00. The molecule has 0 bridgehead atoms. The second-order valence-electron chi connectivity index (χ2n) is 5.44. The molecule has 0 saturated heterocycles. The molecule has 1 aromatic carbocycles. The van der Waals surface area contributed by atoms with E-state index in [9.17, 15) is 9.59 Å². The lowest BCUT2D eigenvalue weighted by molar-refractivity contribution is -0.137. The van der Waals surface area contributed by atoms with E-state index in [0.29, 0.717) is 23.6 Å². The predicted octanol–water partition coefficient (Wildman–Crippen LogP) is 2.47. The topological polar surface area (TPSA) is 97.1 Å². The molecule has 1 heterocycles. The molecule has 1 atom stereocenters. The van der Waals surface area contributed by atoms with Crippen molar-refractivity contribution in [3.05, 3.63) is 40.7 Å². The second-order valence-corrected chi connectivity index (χ2v) is 5.87. The fourth-order valence-corrected chi connectivity index (χ4v) is 2.50. The number of hydrogen-bond donors (Lipinski definition) is 2. The third-order valence-electron chi connectivity index (χ3n) is 3.53. The van der Waals surface area contributed by atoms with Crippen molar-refractivity contribution in [3.63, 3.8) is 0 Å². The minimum Gasteiger partial charge on any atom is -0.481 e. The summed E-state index contributed by atoms with van der Waals surface area (Å²) in [6.45, 7) is 3.66. The molecule has 0 fully saturated rings. The summed E-state index contributed by atoms with van der Waals surface area (Å²) in [5.41, 5.74) is 1.63. The van der Waals surface area contributed by atoms with Gasteiger partial charge in [-0.05, 0) is 38.0 Å². The number of carboxylic acids is 1. The number of aliphatic carboxylic acids is 1. The summed E-state index contributed by atoms with van der Waals surface area (Å²) in [7, 11) is 0. The summed E-state index contributed by atoms with van der Waals surface area (Å²) in [5, 5.41) is 20.1. The third-order valence-corrected chi connectivity index (χ3v) is 3.77. The standard InChI is InChI=1S/C16H19ClN4O3/c1-3-13-15(16(24)18-10(2)7-8-14(22)23)19-20-21(13)12-6-4-5-11(17)9-12/h4-6,9-10H,3,7-8H2,1-2H3,(H,18,24)(H,22,23). The highest BCUT2D eigenvalue weighted by atomic mass is 35.5. The molecule has 1 aromatic heterocycles. The first-order valence-corrected chi connectivity index (χ1v) is 8.03. The molecule has 8 heteroatoms. The van der Waals surface area contributed by atoms with E-state index in [1.165, 1.54) is 0 Å². The van der Waals surface area contributed by atoms with Crippen LogP contribution in [0.25, 0.3) is 5.69 Å². The maximum absolute atomic E-state index is 12.4. The number of rotatable bonds is 7. The number of amides is 1. The van der Waals surface area contributed by atoms with Gasteiger partial charge < -0.3 is 10.4 Å². The van der Waals surface area contributed by atoms with Crippen molar-refractivity contribution in [3.8, 4) is 5.69 Å². The highest BCUT2D eigenvalue weighted by Crippen LogP contribution is 2.18. The molecule has 0 aliphatic carbocycles. The van der Waals surface area contributed by atoms with E-state index in [1.807, 2.05) is 13.0 Å². The Balaban J connectivity index is 2.19. The van der Waals surface area contributed by atoms with Gasteiger partial charge in [-0.2, -0.15) is 0 Å². The second kappa shape index (κ2) is 7.92. The van der Waals surface area contributed by atoms with Crippen molar-refractivity contribution in [2.75, 3.05) is 0 Å². The Morgan fingerprint density at radius 1 is 1.42 bits per heavy atom. The first-order chi connectivity index (χ1) is 11.4. The van der Waals surface area contributed by atoms with Crippen LogP contribution in [0.15, 0.2) is 24.3 Å². The summed E-state index contributed by atoms with van der Waals surface area (Å²) in [6.07, 6.45) is 0.911. The number of carbonyl (C=O) groups is 2. The molecular formula is C16H19ClN4O3. The molecule has 0 radical (unpaired) electrons. The first-order valence-electron chi connectivity index (χ1n) is 7.65. The van der Waals surface area contributed by atoms with E-state index in [2.05, 4.69) is 15.6 Å². The van der Waals surface area contributed by atoms with Crippen molar-refractivity contribution in [1.82, 2.24) is 20.3 Å². The van der Waals surface area contributed by atoms with Gasteiger partial charge in [0.15, 0.2) is 5.69 Å². The number of hydrogen-bond acceptors (Lipinski definition) is 4. The average molecular weight is 351 g/mol. The number of carbonyl (C=O) groups excluding carboxylic acids is 1. The van der Waals surface area contributed by atoms with Gasteiger partial charge >= 0.3 is 5.97 Å². The quantitative estimate of drug-likeness (QED) is 0.799. The number of benzene rings is 1. The summed E-state index contributed by atoms with van der Waals surface area (Å²) in [6, 6.07) is 6.86.